The third kappa shape index (κ3) is 3.19. The highest BCUT2D eigenvalue weighted by molar-refractivity contribution is 7.80. The van der Waals surface area contributed by atoms with Crippen molar-refractivity contribution in [1.82, 2.24) is 4.98 Å². The first-order valence-electron chi connectivity index (χ1n) is 7.92. The van der Waals surface area contributed by atoms with Crippen LogP contribution < -0.4 is 11.1 Å². The molecule has 0 amide bonds. The lowest BCUT2D eigenvalue weighted by Gasteiger charge is -2.24. The van der Waals surface area contributed by atoms with Crippen LogP contribution in [0.1, 0.15) is 55.3 Å². The Kier molecular flexibility index (Phi) is 4.40. The molecule has 1 aromatic heterocycles. The third-order valence-corrected chi connectivity index (χ3v) is 4.84. The average Bonchev–Trinajstić information content (AvgIpc) is 2.82. The van der Waals surface area contributed by atoms with Crippen molar-refractivity contribution >= 4 is 23.0 Å². The smallest absolute Gasteiger partial charge is 0.136 e. The zero-order valence-corrected chi connectivity index (χ0v) is 13.1. The molecule has 0 saturated heterocycles. The molecule has 5 heteroatoms. The van der Waals surface area contributed by atoms with Crippen LogP contribution in [0.5, 0.6) is 0 Å². The first kappa shape index (κ1) is 14.7. The number of fused-ring (bicyclic) bond motifs is 1. The molecule has 0 radical (unpaired) electrons. The second kappa shape index (κ2) is 6.28. The highest BCUT2D eigenvalue weighted by Gasteiger charge is 2.24. The average molecular weight is 305 g/mol. The van der Waals surface area contributed by atoms with E-state index in [9.17, 15) is 5.11 Å². The molecule has 4 N–H and O–H groups in total. The van der Waals surface area contributed by atoms with Crippen molar-refractivity contribution in [2.24, 2.45) is 5.73 Å². The summed E-state index contributed by atoms with van der Waals surface area (Å²) in [4.78, 5) is 5.12. The van der Waals surface area contributed by atoms with Gasteiger partial charge in [0.1, 0.15) is 10.8 Å². The zero-order chi connectivity index (χ0) is 14.8. The fourth-order valence-corrected chi connectivity index (χ4v) is 3.56. The van der Waals surface area contributed by atoms with Gasteiger partial charge in [-0.2, -0.15) is 0 Å². The van der Waals surface area contributed by atoms with Crippen LogP contribution in [0.15, 0.2) is 6.07 Å². The Morgan fingerprint density at radius 3 is 2.86 bits per heavy atom. The van der Waals surface area contributed by atoms with E-state index in [4.69, 9.17) is 22.9 Å². The molecule has 0 bridgehead atoms. The molecule has 2 aliphatic rings. The molecule has 3 rings (SSSR count). The molecule has 2 atom stereocenters. The molecule has 114 valence electrons. The number of hydrogen-bond donors (Lipinski definition) is 3. The summed E-state index contributed by atoms with van der Waals surface area (Å²) in [6.07, 6.45) is 8.16. The van der Waals surface area contributed by atoms with Crippen molar-refractivity contribution in [1.29, 1.82) is 0 Å². The predicted molar refractivity (Wildman–Crippen MR) is 88.7 cm³/mol. The molecule has 4 nitrogen and oxygen atoms in total. The van der Waals surface area contributed by atoms with Crippen molar-refractivity contribution in [3.05, 3.63) is 22.9 Å². The van der Waals surface area contributed by atoms with Gasteiger partial charge in [0, 0.05) is 5.69 Å². The van der Waals surface area contributed by atoms with Gasteiger partial charge in [-0.3, -0.25) is 0 Å². The third-order valence-electron chi connectivity index (χ3n) is 4.62. The fraction of sp³-hybridized carbons (Fsp3) is 0.625. The molecule has 0 aromatic carbocycles. The number of rotatable bonds is 3. The monoisotopic (exact) mass is 305 g/mol. The fourth-order valence-electron chi connectivity index (χ4n) is 3.40. The van der Waals surface area contributed by atoms with E-state index in [0.29, 0.717) is 4.99 Å². The van der Waals surface area contributed by atoms with Gasteiger partial charge in [-0.05, 0) is 43.7 Å². The largest absolute Gasteiger partial charge is 0.391 e. The summed E-state index contributed by atoms with van der Waals surface area (Å²) in [5.41, 5.74) is 9.11. The summed E-state index contributed by atoms with van der Waals surface area (Å²) >= 11 is 5.18. The topological polar surface area (TPSA) is 71.2 Å². The lowest BCUT2D eigenvalue weighted by Crippen LogP contribution is -2.34. The van der Waals surface area contributed by atoms with Crippen molar-refractivity contribution in [3.8, 4) is 0 Å². The minimum Gasteiger partial charge on any atom is -0.391 e. The van der Waals surface area contributed by atoms with Gasteiger partial charge >= 0.3 is 0 Å². The van der Waals surface area contributed by atoms with Crippen LogP contribution in [0.25, 0.3) is 0 Å². The maximum atomic E-state index is 10.3. The van der Waals surface area contributed by atoms with Crippen LogP contribution >= 0.6 is 12.2 Å². The maximum absolute atomic E-state index is 10.3. The van der Waals surface area contributed by atoms with Gasteiger partial charge < -0.3 is 16.2 Å². The summed E-state index contributed by atoms with van der Waals surface area (Å²) in [7, 11) is 0. The van der Waals surface area contributed by atoms with Crippen LogP contribution in [-0.4, -0.2) is 27.2 Å². The number of thiocarbonyl (C=S) groups is 1. The second-order valence-electron chi connectivity index (χ2n) is 6.16. The maximum Gasteiger partial charge on any atom is 0.136 e. The first-order valence-corrected chi connectivity index (χ1v) is 8.33. The highest BCUT2D eigenvalue weighted by Crippen LogP contribution is 2.28. The van der Waals surface area contributed by atoms with E-state index < -0.39 is 0 Å². The number of nitrogens with two attached hydrogens (primary N) is 1. The number of pyridine rings is 1. The lowest BCUT2D eigenvalue weighted by atomic mass is 10.1. The van der Waals surface area contributed by atoms with Gasteiger partial charge in [0.2, 0.25) is 0 Å². The van der Waals surface area contributed by atoms with Crippen molar-refractivity contribution in [3.63, 3.8) is 0 Å². The number of nitrogens with zero attached hydrogens (tertiary/aromatic N) is 1. The Hall–Kier alpha value is -1.20. The van der Waals surface area contributed by atoms with E-state index in [1.165, 1.54) is 12.0 Å². The Bertz CT molecular complexity index is 547. The quantitative estimate of drug-likeness (QED) is 0.590. The molecule has 1 saturated carbocycles. The summed E-state index contributed by atoms with van der Waals surface area (Å²) in [6.45, 7) is 0. The molecule has 1 fully saturated rings. The van der Waals surface area contributed by atoms with E-state index in [1.807, 2.05) is 0 Å². The van der Waals surface area contributed by atoms with Crippen molar-refractivity contribution in [2.75, 3.05) is 5.32 Å². The molecule has 1 heterocycles. The molecule has 2 aliphatic carbocycles. The number of aromatic nitrogens is 1. The van der Waals surface area contributed by atoms with E-state index in [-0.39, 0.29) is 12.1 Å². The molecule has 0 aliphatic heterocycles. The molecule has 21 heavy (non-hydrogen) atoms. The van der Waals surface area contributed by atoms with Crippen LogP contribution in [0.2, 0.25) is 0 Å². The number of aryl methyl sites for hydroxylation is 2. The number of hydrogen-bond acceptors (Lipinski definition) is 4. The minimum absolute atomic E-state index is 0.0487. The lowest BCUT2D eigenvalue weighted by molar-refractivity contribution is 0.144. The number of aliphatic hydroxyl groups is 1. The van der Waals surface area contributed by atoms with Gasteiger partial charge in [0.15, 0.2) is 0 Å². The van der Waals surface area contributed by atoms with Gasteiger partial charge in [0.05, 0.1) is 17.7 Å². The molecule has 2 unspecified atom stereocenters. The standard InChI is InChI=1S/C16H23N3OS/c17-15(21)11-9-10-5-4-7-12(10)18-16(11)19-13-6-2-1-3-8-14(13)20/h9,13-14,20H,1-8H2,(H2,17,21)(H,18,19). The zero-order valence-electron chi connectivity index (χ0n) is 12.3. The second-order valence-corrected chi connectivity index (χ2v) is 6.60. The van der Waals surface area contributed by atoms with E-state index in [0.717, 1.165) is 62.0 Å². The van der Waals surface area contributed by atoms with Crippen molar-refractivity contribution < 1.29 is 5.11 Å². The van der Waals surface area contributed by atoms with Gasteiger partial charge in [-0.25, -0.2) is 4.98 Å². The summed E-state index contributed by atoms with van der Waals surface area (Å²) in [5.74, 6) is 0.758. The Morgan fingerprint density at radius 1 is 1.24 bits per heavy atom. The van der Waals surface area contributed by atoms with E-state index in [1.54, 1.807) is 0 Å². The Balaban J connectivity index is 1.88. The molecular weight excluding hydrogens is 282 g/mol. The Morgan fingerprint density at radius 2 is 2.05 bits per heavy atom. The van der Waals surface area contributed by atoms with E-state index >= 15 is 0 Å². The molecular formula is C16H23N3OS. The van der Waals surface area contributed by atoms with Crippen LogP contribution in [0.3, 0.4) is 0 Å². The summed E-state index contributed by atoms with van der Waals surface area (Å²) in [5, 5.41) is 13.7. The number of nitrogens with one attached hydrogen (secondary N) is 1. The Labute approximate surface area is 131 Å². The molecule has 1 aromatic rings. The summed E-state index contributed by atoms with van der Waals surface area (Å²) in [6, 6.07) is 2.14. The van der Waals surface area contributed by atoms with Gasteiger partial charge in [0.25, 0.3) is 0 Å². The summed E-state index contributed by atoms with van der Waals surface area (Å²) < 4.78 is 0. The van der Waals surface area contributed by atoms with Crippen molar-refractivity contribution in [2.45, 2.75) is 63.5 Å². The molecule has 0 spiro atoms. The van der Waals surface area contributed by atoms with Gasteiger partial charge in [-0.1, -0.05) is 31.5 Å². The predicted octanol–water partition coefficient (Wildman–Crippen LogP) is 2.31. The SMILES string of the molecule is NC(=S)c1cc2c(nc1NC1CCCCCC1O)CCC2. The van der Waals surface area contributed by atoms with Crippen LogP contribution in [-0.2, 0) is 12.8 Å². The minimum atomic E-state index is -0.318. The number of anilines is 1. The van der Waals surface area contributed by atoms with Gasteiger partial charge in [-0.15, -0.1) is 0 Å². The first-order chi connectivity index (χ1) is 10.1. The van der Waals surface area contributed by atoms with E-state index in [2.05, 4.69) is 11.4 Å². The number of aliphatic hydroxyl groups excluding tert-OH is 1. The van der Waals surface area contributed by atoms with Crippen LogP contribution in [0, 0.1) is 0 Å². The highest BCUT2D eigenvalue weighted by atomic mass is 32.1. The normalized spacial score (nSPS) is 25.2. The van der Waals surface area contributed by atoms with Crippen LogP contribution in [0.4, 0.5) is 5.82 Å².